The van der Waals surface area contributed by atoms with E-state index in [9.17, 15) is 4.79 Å². The van der Waals surface area contributed by atoms with Gasteiger partial charge in [0.2, 0.25) is 5.91 Å². The number of aryl methyl sites for hydroxylation is 1. The lowest BCUT2D eigenvalue weighted by Crippen LogP contribution is -2.37. The fourth-order valence-corrected chi connectivity index (χ4v) is 2.45. The van der Waals surface area contributed by atoms with E-state index >= 15 is 0 Å². The van der Waals surface area contributed by atoms with E-state index in [1.165, 1.54) is 5.56 Å². The van der Waals surface area contributed by atoms with E-state index in [4.69, 9.17) is 5.73 Å². The van der Waals surface area contributed by atoms with Crippen molar-refractivity contribution in [1.29, 1.82) is 0 Å². The van der Waals surface area contributed by atoms with Gasteiger partial charge >= 0.3 is 0 Å². The molecule has 0 aromatic heterocycles. The first-order valence-corrected chi connectivity index (χ1v) is 7.00. The Balaban J connectivity index is 1.93. The fourth-order valence-electron chi connectivity index (χ4n) is 2.45. The fraction of sp³-hybridized carbons (Fsp3) is 0.533. The molecule has 4 heteroatoms. The highest BCUT2D eigenvalue weighted by atomic mass is 16.2. The summed E-state index contributed by atoms with van der Waals surface area (Å²) in [6.07, 6.45) is 2.74. The van der Waals surface area contributed by atoms with E-state index in [1.807, 2.05) is 23.1 Å². The van der Waals surface area contributed by atoms with Gasteiger partial charge in [-0.05, 0) is 31.4 Å². The average Bonchev–Trinajstić information content (AvgIpc) is 2.94. The number of nitrogens with zero attached hydrogens (tertiary/aromatic N) is 1. The van der Waals surface area contributed by atoms with Gasteiger partial charge in [0.25, 0.3) is 0 Å². The predicted octanol–water partition coefficient (Wildman–Crippen LogP) is 1.75. The third-order valence-electron chi connectivity index (χ3n) is 3.67. The summed E-state index contributed by atoms with van der Waals surface area (Å²) >= 11 is 0. The van der Waals surface area contributed by atoms with E-state index < -0.39 is 0 Å². The van der Waals surface area contributed by atoms with Gasteiger partial charge in [-0.15, -0.1) is 0 Å². The van der Waals surface area contributed by atoms with E-state index in [2.05, 4.69) is 18.3 Å². The van der Waals surface area contributed by atoms with Gasteiger partial charge in [-0.3, -0.25) is 4.79 Å². The number of nitrogens with one attached hydrogen (secondary N) is 1. The largest absolute Gasteiger partial charge is 0.380 e. The molecule has 1 aromatic rings. The minimum atomic E-state index is 0.00852. The number of anilines is 1. The normalized spacial score (nSPS) is 16.4. The van der Waals surface area contributed by atoms with Crippen molar-refractivity contribution in [1.82, 2.24) is 4.90 Å². The molecule has 0 bridgehead atoms. The van der Waals surface area contributed by atoms with Crippen LogP contribution in [0.1, 0.15) is 24.8 Å². The van der Waals surface area contributed by atoms with Crippen LogP contribution in [-0.2, 0) is 4.79 Å². The molecule has 0 saturated carbocycles. The molecule has 1 saturated heterocycles. The van der Waals surface area contributed by atoms with Crippen molar-refractivity contribution in [3.05, 3.63) is 29.8 Å². The average molecular weight is 261 g/mol. The molecule has 1 amide bonds. The van der Waals surface area contributed by atoms with Gasteiger partial charge in [0, 0.05) is 37.8 Å². The molecule has 1 aliphatic heterocycles. The minimum absolute atomic E-state index is 0.00852. The zero-order chi connectivity index (χ0) is 13.7. The molecular formula is C15H23N3O. The van der Waals surface area contributed by atoms with Gasteiger partial charge in [0.05, 0.1) is 0 Å². The highest BCUT2D eigenvalue weighted by Crippen LogP contribution is 2.16. The van der Waals surface area contributed by atoms with Crippen LogP contribution in [0, 0.1) is 6.92 Å². The van der Waals surface area contributed by atoms with Crippen LogP contribution in [0.4, 0.5) is 5.69 Å². The Morgan fingerprint density at radius 2 is 2.05 bits per heavy atom. The molecule has 4 nitrogen and oxygen atoms in total. The SMILES string of the molecule is Cc1ccccc1NC(CN)CC(=O)N1CCCC1. The van der Waals surface area contributed by atoms with Gasteiger partial charge in [0.15, 0.2) is 0 Å². The lowest BCUT2D eigenvalue weighted by Gasteiger charge is -2.22. The quantitative estimate of drug-likeness (QED) is 0.849. The summed E-state index contributed by atoms with van der Waals surface area (Å²) in [5.41, 5.74) is 8.02. The number of amides is 1. The van der Waals surface area contributed by atoms with E-state index in [0.717, 1.165) is 31.6 Å². The predicted molar refractivity (Wildman–Crippen MR) is 78.1 cm³/mol. The van der Waals surface area contributed by atoms with Gasteiger partial charge in [-0.1, -0.05) is 18.2 Å². The number of likely N-dealkylation sites (tertiary alicyclic amines) is 1. The molecule has 104 valence electrons. The third-order valence-corrected chi connectivity index (χ3v) is 3.67. The maximum Gasteiger partial charge on any atom is 0.224 e. The zero-order valence-electron chi connectivity index (χ0n) is 11.6. The molecule has 1 atom stereocenters. The summed E-state index contributed by atoms with van der Waals surface area (Å²) < 4.78 is 0. The Labute approximate surface area is 115 Å². The topological polar surface area (TPSA) is 58.4 Å². The summed E-state index contributed by atoms with van der Waals surface area (Å²) in [4.78, 5) is 14.1. The van der Waals surface area contributed by atoms with Crippen molar-refractivity contribution in [3.63, 3.8) is 0 Å². The Morgan fingerprint density at radius 3 is 2.68 bits per heavy atom. The van der Waals surface area contributed by atoms with E-state index in [-0.39, 0.29) is 11.9 Å². The number of para-hydroxylation sites is 1. The summed E-state index contributed by atoms with van der Waals surface area (Å²) in [5, 5.41) is 3.38. The number of nitrogens with two attached hydrogens (primary N) is 1. The maximum absolute atomic E-state index is 12.1. The number of hydrogen-bond donors (Lipinski definition) is 2. The lowest BCUT2D eigenvalue weighted by molar-refractivity contribution is -0.130. The number of carbonyl (C=O) groups excluding carboxylic acids is 1. The van der Waals surface area contributed by atoms with Crippen LogP contribution in [-0.4, -0.2) is 36.5 Å². The van der Waals surface area contributed by atoms with Gasteiger partial charge in [-0.2, -0.15) is 0 Å². The molecule has 1 aliphatic rings. The van der Waals surface area contributed by atoms with E-state index in [1.54, 1.807) is 0 Å². The lowest BCUT2D eigenvalue weighted by atomic mass is 10.1. The van der Waals surface area contributed by atoms with Gasteiger partial charge < -0.3 is 16.0 Å². The standard InChI is InChI=1S/C15H23N3O/c1-12-6-2-3-7-14(12)17-13(11-16)10-15(19)18-8-4-5-9-18/h2-3,6-7,13,17H,4-5,8-11,16H2,1H3. The molecule has 19 heavy (non-hydrogen) atoms. The Kier molecular flexibility index (Phi) is 4.80. The maximum atomic E-state index is 12.1. The minimum Gasteiger partial charge on any atom is -0.380 e. The number of rotatable bonds is 5. The first-order valence-electron chi connectivity index (χ1n) is 7.00. The second-order valence-electron chi connectivity index (χ2n) is 5.18. The second kappa shape index (κ2) is 6.57. The van der Waals surface area contributed by atoms with Crippen molar-refractivity contribution < 1.29 is 4.79 Å². The summed E-state index contributed by atoms with van der Waals surface area (Å²) in [7, 11) is 0. The van der Waals surface area contributed by atoms with E-state index in [0.29, 0.717) is 13.0 Å². The van der Waals surface area contributed by atoms with Crippen molar-refractivity contribution in [2.45, 2.75) is 32.2 Å². The molecule has 1 aromatic carbocycles. The van der Waals surface area contributed by atoms with Crippen molar-refractivity contribution in [2.75, 3.05) is 25.0 Å². The Hall–Kier alpha value is -1.55. The van der Waals surface area contributed by atoms with Crippen LogP contribution in [0.25, 0.3) is 0 Å². The van der Waals surface area contributed by atoms with Gasteiger partial charge in [-0.25, -0.2) is 0 Å². The highest BCUT2D eigenvalue weighted by molar-refractivity contribution is 5.77. The first kappa shape index (κ1) is 13.9. The molecule has 3 N–H and O–H groups in total. The summed E-state index contributed by atoms with van der Waals surface area (Å²) in [5.74, 6) is 0.217. The first-order chi connectivity index (χ1) is 9.20. The summed E-state index contributed by atoms with van der Waals surface area (Å²) in [6, 6.07) is 8.09. The third kappa shape index (κ3) is 3.70. The smallest absolute Gasteiger partial charge is 0.224 e. The molecule has 2 rings (SSSR count). The second-order valence-corrected chi connectivity index (χ2v) is 5.18. The van der Waals surface area contributed by atoms with Crippen LogP contribution in [0.3, 0.4) is 0 Å². The van der Waals surface area contributed by atoms with Crippen molar-refractivity contribution in [2.24, 2.45) is 5.73 Å². The molecule has 0 spiro atoms. The van der Waals surface area contributed by atoms with Crippen molar-refractivity contribution in [3.8, 4) is 0 Å². The molecule has 0 radical (unpaired) electrons. The number of benzene rings is 1. The molecule has 1 fully saturated rings. The van der Waals surface area contributed by atoms with Crippen LogP contribution in [0.15, 0.2) is 24.3 Å². The van der Waals surface area contributed by atoms with Crippen LogP contribution >= 0.6 is 0 Å². The molecular weight excluding hydrogens is 238 g/mol. The highest BCUT2D eigenvalue weighted by Gasteiger charge is 2.21. The van der Waals surface area contributed by atoms with Crippen molar-refractivity contribution >= 4 is 11.6 Å². The Bertz CT molecular complexity index is 427. The summed E-state index contributed by atoms with van der Waals surface area (Å²) in [6.45, 7) is 4.33. The van der Waals surface area contributed by atoms with Crippen LogP contribution < -0.4 is 11.1 Å². The molecule has 1 heterocycles. The van der Waals surface area contributed by atoms with Gasteiger partial charge in [0.1, 0.15) is 0 Å². The Morgan fingerprint density at radius 1 is 1.37 bits per heavy atom. The number of hydrogen-bond acceptors (Lipinski definition) is 3. The van der Waals surface area contributed by atoms with Crippen LogP contribution in [0.2, 0.25) is 0 Å². The number of carbonyl (C=O) groups is 1. The van der Waals surface area contributed by atoms with Crippen LogP contribution in [0.5, 0.6) is 0 Å². The zero-order valence-corrected chi connectivity index (χ0v) is 11.6. The molecule has 1 unspecified atom stereocenters. The molecule has 0 aliphatic carbocycles. The monoisotopic (exact) mass is 261 g/mol.